The molecule has 94 valence electrons. The van der Waals surface area contributed by atoms with Gasteiger partial charge in [0.25, 0.3) is 0 Å². The molecule has 0 fully saturated rings. The van der Waals surface area contributed by atoms with Gasteiger partial charge < -0.3 is 4.74 Å². The van der Waals surface area contributed by atoms with Crippen molar-refractivity contribution in [3.8, 4) is 5.88 Å². The number of nitrogens with zero attached hydrogens (tertiary/aromatic N) is 2. The molecule has 5 nitrogen and oxygen atoms in total. The molecule has 0 radical (unpaired) electrons. The van der Waals surface area contributed by atoms with E-state index < -0.39 is 28.8 Å². The van der Waals surface area contributed by atoms with E-state index in [2.05, 4.69) is 25.7 Å². The second kappa shape index (κ2) is 4.82. The van der Waals surface area contributed by atoms with Crippen LogP contribution in [0.1, 0.15) is 5.56 Å². The van der Waals surface area contributed by atoms with E-state index in [1.807, 2.05) is 0 Å². The molecule has 0 atom stereocenters. The molecule has 0 saturated carbocycles. The molecule has 0 aliphatic heterocycles. The van der Waals surface area contributed by atoms with Crippen molar-refractivity contribution in [1.82, 2.24) is 4.98 Å². The number of hydrogen-bond acceptors (Lipinski definition) is 4. The highest BCUT2D eigenvalue weighted by Crippen LogP contribution is 2.31. The second-order valence-corrected chi connectivity index (χ2v) is 3.26. The van der Waals surface area contributed by atoms with Gasteiger partial charge in [-0.1, -0.05) is 15.9 Å². The summed E-state index contributed by atoms with van der Waals surface area (Å²) in [7, 11) is 0. The van der Waals surface area contributed by atoms with Crippen LogP contribution >= 0.6 is 15.9 Å². The van der Waals surface area contributed by atoms with Gasteiger partial charge in [0.05, 0.1) is 4.92 Å². The number of aromatic nitrogens is 1. The lowest BCUT2D eigenvalue weighted by molar-refractivity contribution is -0.389. The third-order valence-corrected chi connectivity index (χ3v) is 2.15. The van der Waals surface area contributed by atoms with Gasteiger partial charge >= 0.3 is 17.9 Å². The third kappa shape index (κ3) is 3.51. The van der Waals surface area contributed by atoms with E-state index in [0.717, 1.165) is 0 Å². The SMILES string of the molecule is O=[N+]([O-])c1cc(CBr)c(F)nc1OC(F)(F)F. The van der Waals surface area contributed by atoms with Crippen LogP contribution in [0.4, 0.5) is 23.2 Å². The molecule has 0 aliphatic rings. The van der Waals surface area contributed by atoms with Crippen molar-refractivity contribution in [2.24, 2.45) is 0 Å². The molecule has 1 aromatic heterocycles. The van der Waals surface area contributed by atoms with E-state index in [4.69, 9.17) is 0 Å². The Bertz CT molecular complexity index is 451. The van der Waals surface area contributed by atoms with Gasteiger partial charge in [0.1, 0.15) is 0 Å². The molecule has 0 N–H and O–H groups in total. The number of halogens is 5. The van der Waals surface area contributed by atoms with E-state index in [1.165, 1.54) is 0 Å². The van der Waals surface area contributed by atoms with Crippen molar-refractivity contribution in [2.45, 2.75) is 11.7 Å². The third-order valence-electron chi connectivity index (χ3n) is 1.55. The summed E-state index contributed by atoms with van der Waals surface area (Å²) < 4.78 is 52.0. The minimum absolute atomic E-state index is 0.126. The average Bonchev–Trinajstić information content (AvgIpc) is 2.14. The first-order valence-corrected chi connectivity index (χ1v) is 5.02. The van der Waals surface area contributed by atoms with Crippen molar-refractivity contribution in [3.05, 3.63) is 27.7 Å². The van der Waals surface area contributed by atoms with Crippen molar-refractivity contribution < 1.29 is 27.2 Å². The molecule has 17 heavy (non-hydrogen) atoms. The largest absolute Gasteiger partial charge is 0.574 e. The van der Waals surface area contributed by atoms with Gasteiger partial charge in [-0.2, -0.15) is 9.37 Å². The Balaban J connectivity index is 3.28. The zero-order valence-corrected chi connectivity index (χ0v) is 9.38. The lowest BCUT2D eigenvalue weighted by Gasteiger charge is -2.08. The topological polar surface area (TPSA) is 65.3 Å². The molecule has 0 aromatic carbocycles. The number of rotatable bonds is 3. The second-order valence-electron chi connectivity index (χ2n) is 2.70. The van der Waals surface area contributed by atoms with E-state index in [1.54, 1.807) is 0 Å². The molecule has 1 heterocycles. The molecule has 0 bridgehead atoms. The number of nitro groups is 1. The van der Waals surface area contributed by atoms with E-state index in [9.17, 15) is 27.7 Å². The molecule has 0 aliphatic carbocycles. The van der Waals surface area contributed by atoms with E-state index in [-0.39, 0.29) is 10.9 Å². The summed E-state index contributed by atoms with van der Waals surface area (Å²) in [4.78, 5) is 12.1. The monoisotopic (exact) mass is 318 g/mol. The lowest BCUT2D eigenvalue weighted by atomic mass is 10.3. The molecule has 0 unspecified atom stereocenters. The van der Waals surface area contributed by atoms with Crippen LogP contribution in [0, 0.1) is 16.1 Å². The van der Waals surface area contributed by atoms with Gasteiger partial charge in [-0.05, 0) is 0 Å². The summed E-state index contributed by atoms with van der Waals surface area (Å²) in [6.07, 6.45) is -5.18. The summed E-state index contributed by atoms with van der Waals surface area (Å²) >= 11 is 2.81. The summed E-state index contributed by atoms with van der Waals surface area (Å²) in [5, 5.41) is 10.3. The Labute approximate surface area is 99.7 Å². The van der Waals surface area contributed by atoms with Crippen molar-refractivity contribution in [2.75, 3.05) is 0 Å². The molecule has 10 heteroatoms. The Hall–Kier alpha value is -1.45. The first kappa shape index (κ1) is 13.6. The van der Waals surface area contributed by atoms with E-state index in [0.29, 0.717) is 6.07 Å². The Morgan fingerprint density at radius 1 is 1.53 bits per heavy atom. The number of hydrogen-bond donors (Lipinski definition) is 0. The Morgan fingerprint density at radius 3 is 2.53 bits per heavy atom. The lowest BCUT2D eigenvalue weighted by Crippen LogP contribution is -2.19. The van der Waals surface area contributed by atoms with Crippen molar-refractivity contribution in [1.29, 1.82) is 0 Å². The maximum atomic E-state index is 13.1. The number of pyridine rings is 1. The average molecular weight is 319 g/mol. The minimum Gasteiger partial charge on any atom is -0.380 e. The van der Waals surface area contributed by atoms with Gasteiger partial charge in [-0.3, -0.25) is 10.1 Å². The predicted molar refractivity (Wildman–Crippen MR) is 50.2 cm³/mol. The maximum Gasteiger partial charge on any atom is 0.574 e. The predicted octanol–water partition coefficient (Wildman–Crippen LogP) is 2.92. The summed E-state index contributed by atoms with van der Waals surface area (Å²) in [5.41, 5.74) is -1.30. The Morgan fingerprint density at radius 2 is 2.12 bits per heavy atom. The highest BCUT2D eigenvalue weighted by Gasteiger charge is 2.36. The summed E-state index contributed by atoms with van der Waals surface area (Å²) in [6.45, 7) is 0. The van der Waals surface area contributed by atoms with Crippen LogP contribution in [0.15, 0.2) is 6.07 Å². The normalized spacial score (nSPS) is 11.4. The van der Waals surface area contributed by atoms with Gasteiger partial charge in [0, 0.05) is 17.0 Å². The quantitative estimate of drug-likeness (QED) is 0.282. The molecule has 0 spiro atoms. The van der Waals surface area contributed by atoms with Crippen LogP contribution in [0.2, 0.25) is 0 Å². The highest BCUT2D eigenvalue weighted by molar-refractivity contribution is 9.08. The molecule has 0 amide bonds. The zero-order chi connectivity index (χ0) is 13.2. The van der Waals surface area contributed by atoms with Crippen LogP contribution in [0.25, 0.3) is 0 Å². The van der Waals surface area contributed by atoms with Crippen LogP contribution < -0.4 is 4.74 Å². The van der Waals surface area contributed by atoms with Gasteiger partial charge in [0.2, 0.25) is 5.95 Å². The highest BCUT2D eigenvalue weighted by atomic mass is 79.9. The number of alkyl halides is 4. The molecule has 1 rings (SSSR count). The van der Waals surface area contributed by atoms with Gasteiger partial charge in [-0.15, -0.1) is 13.2 Å². The summed E-state index contributed by atoms with van der Waals surface area (Å²) in [5.74, 6) is -2.70. The van der Waals surface area contributed by atoms with Crippen molar-refractivity contribution >= 4 is 21.6 Å². The standard InChI is InChI=1S/C7H3BrF4N2O3/c8-2-3-1-4(14(15)16)6(13-5(3)9)17-7(10,11)12/h1H,2H2. The molecular weight excluding hydrogens is 316 g/mol. The van der Waals surface area contributed by atoms with Gasteiger partial charge in [0.15, 0.2) is 0 Å². The van der Waals surface area contributed by atoms with Crippen LogP contribution in [-0.4, -0.2) is 16.3 Å². The van der Waals surface area contributed by atoms with Crippen LogP contribution in [0.5, 0.6) is 5.88 Å². The fraction of sp³-hybridized carbons (Fsp3) is 0.286. The minimum atomic E-state index is -5.18. The maximum absolute atomic E-state index is 13.1. The van der Waals surface area contributed by atoms with Crippen LogP contribution in [0.3, 0.4) is 0 Å². The summed E-state index contributed by atoms with van der Waals surface area (Å²) in [6, 6.07) is 0.623. The first-order valence-electron chi connectivity index (χ1n) is 3.90. The van der Waals surface area contributed by atoms with Gasteiger partial charge in [-0.25, -0.2) is 0 Å². The van der Waals surface area contributed by atoms with Crippen molar-refractivity contribution in [3.63, 3.8) is 0 Å². The molecular formula is C7H3BrF4N2O3. The van der Waals surface area contributed by atoms with E-state index >= 15 is 0 Å². The molecule has 1 aromatic rings. The first-order chi connectivity index (χ1) is 7.74. The zero-order valence-electron chi connectivity index (χ0n) is 7.79. The fourth-order valence-electron chi connectivity index (χ4n) is 0.914. The number of ether oxygens (including phenoxy) is 1. The molecule has 0 saturated heterocycles. The fourth-order valence-corrected chi connectivity index (χ4v) is 1.31. The van der Waals surface area contributed by atoms with Crippen LogP contribution in [-0.2, 0) is 5.33 Å². The Kier molecular flexibility index (Phi) is 3.86. The smallest absolute Gasteiger partial charge is 0.380 e.